The van der Waals surface area contributed by atoms with Crippen LogP contribution in [0.4, 0.5) is 10.5 Å². The van der Waals surface area contributed by atoms with Crippen LogP contribution in [0, 0.1) is 11.8 Å². The van der Waals surface area contributed by atoms with E-state index in [0.29, 0.717) is 24.4 Å². The molecule has 1 aromatic rings. The average molecular weight is 347 g/mol. The first-order chi connectivity index (χ1) is 11.6. The molecule has 0 aromatic heterocycles. The number of benzene rings is 1. The molecule has 1 aliphatic heterocycles. The second kappa shape index (κ2) is 7.67. The summed E-state index contributed by atoms with van der Waals surface area (Å²) in [6, 6.07) is 6.99. The molecule has 0 saturated heterocycles. The molecular weight excluding hydrogens is 312 g/mol. The van der Waals surface area contributed by atoms with Gasteiger partial charge in [-0.2, -0.15) is 0 Å². The van der Waals surface area contributed by atoms with E-state index in [1.165, 1.54) is 11.1 Å². The Balaban J connectivity index is 2.12. The van der Waals surface area contributed by atoms with Crippen LogP contribution in [0.1, 0.15) is 59.6 Å². The molecule has 2 rings (SSSR count). The fourth-order valence-electron chi connectivity index (χ4n) is 3.42. The van der Waals surface area contributed by atoms with E-state index in [1.54, 1.807) is 4.90 Å². The fourth-order valence-corrected chi connectivity index (χ4v) is 3.42. The molecule has 140 valence electrons. The lowest BCUT2D eigenvalue weighted by molar-refractivity contribution is 0.0224. The van der Waals surface area contributed by atoms with Crippen LogP contribution in [0.2, 0.25) is 0 Å². The minimum Gasteiger partial charge on any atom is -0.444 e. The fraction of sp³-hybridized carbons (Fsp3) is 0.667. The van der Waals surface area contributed by atoms with E-state index in [9.17, 15) is 4.79 Å². The van der Waals surface area contributed by atoms with Crippen molar-refractivity contribution in [2.45, 2.75) is 73.1 Å². The van der Waals surface area contributed by atoms with Crippen molar-refractivity contribution in [3.8, 4) is 0 Å². The lowest BCUT2D eigenvalue weighted by Crippen LogP contribution is -2.40. The number of rotatable bonds is 4. The molecule has 4 nitrogen and oxygen atoms in total. The number of anilines is 1. The summed E-state index contributed by atoms with van der Waals surface area (Å²) in [5.41, 5.74) is 3.23. The molecule has 1 amide bonds. The molecule has 0 bridgehead atoms. The van der Waals surface area contributed by atoms with Crippen molar-refractivity contribution in [1.82, 2.24) is 4.90 Å². The highest BCUT2D eigenvalue weighted by Crippen LogP contribution is 2.26. The van der Waals surface area contributed by atoms with E-state index in [2.05, 4.69) is 51.2 Å². The molecule has 1 aromatic carbocycles. The van der Waals surface area contributed by atoms with Gasteiger partial charge in [-0.3, -0.25) is 0 Å². The molecule has 0 unspecified atom stereocenters. The van der Waals surface area contributed by atoms with Gasteiger partial charge in [-0.05, 0) is 62.3 Å². The highest BCUT2D eigenvalue weighted by molar-refractivity contribution is 5.69. The maximum Gasteiger partial charge on any atom is 0.410 e. The van der Waals surface area contributed by atoms with Crippen LogP contribution < -0.4 is 5.32 Å². The zero-order valence-electron chi connectivity index (χ0n) is 16.8. The first kappa shape index (κ1) is 19.6. The van der Waals surface area contributed by atoms with Crippen LogP contribution in [0.25, 0.3) is 0 Å². The van der Waals surface area contributed by atoms with Gasteiger partial charge in [-0.25, -0.2) is 4.79 Å². The molecular formula is C21H34N2O2. The standard InChI is InChI=1S/C21H34N2O2/c1-14(2)19(15(3)4)22-18-9-8-16-10-11-23(13-17(16)12-18)20(24)25-21(5,6)7/h8-9,12,14-15,19,22H,10-11,13H2,1-7H3. The number of nitrogens with one attached hydrogen (secondary N) is 1. The summed E-state index contributed by atoms with van der Waals surface area (Å²) in [6.45, 7) is 16.1. The summed E-state index contributed by atoms with van der Waals surface area (Å²) >= 11 is 0. The SMILES string of the molecule is CC(C)C(Nc1ccc2c(c1)CN(C(=O)OC(C)(C)C)CC2)C(C)C. The molecule has 0 radical (unpaired) electrons. The Morgan fingerprint density at radius 1 is 1.12 bits per heavy atom. The number of carbonyl (C=O) groups excluding carboxylic acids is 1. The highest BCUT2D eigenvalue weighted by atomic mass is 16.6. The van der Waals surface area contributed by atoms with Crippen molar-refractivity contribution >= 4 is 11.8 Å². The van der Waals surface area contributed by atoms with Crippen LogP contribution in [-0.2, 0) is 17.7 Å². The van der Waals surface area contributed by atoms with E-state index in [1.807, 2.05) is 20.8 Å². The number of carbonyl (C=O) groups is 1. The minimum absolute atomic E-state index is 0.223. The predicted molar refractivity (Wildman–Crippen MR) is 104 cm³/mol. The van der Waals surface area contributed by atoms with Crippen molar-refractivity contribution in [3.63, 3.8) is 0 Å². The number of ether oxygens (including phenoxy) is 1. The van der Waals surface area contributed by atoms with Gasteiger partial charge >= 0.3 is 6.09 Å². The Hall–Kier alpha value is -1.71. The van der Waals surface area contributed by atoms with Crippen LogP contribution in [0.15, 0.2) is 18.2 Å². The number of amides is 1. The molecule has 25 heavy (non-hydrogen) atoms. The van der Waals surface area contributed by atoms with Gasteiger partial charge in [-0.15, -0.1) is 0 Å². The lowest BCUT2D eigenvalue weighted by Gasteiger charge is -2.32. The first-order valence-corrected chi connectivity index (χ1v) is 9.43. The quantitative estimate of drug-likeness (QED) is 0.827. The largest absolute Gasteiger partial charge is 0.444 e. The van der Waals surface area contributed by atoms with E-state index in [-0.39, 0.29) is 6.09 Å². The van der Waals surface area contributed by atoms with E-state index in [4.69, 9.17) is 4.74 Å². The van der Waals surface area contributed by atoms with Crippen LogP contribution in [0.3, 0.4) is 0 Å². The first-order valence-electron chi connectivity index (χ1n) is 9.43. The summed E-state index contributed by atoms with van der Waals surface area (Å²) < 4.78 is 5.52. The number of fused-ring (bicyclic) bond motifs is 1. The van der Waals surface area contributed by atoms with Crippen molar-refractivity contribution in [2.75, 3.05) is 11.9 Å². The summed E-state index contributed by atoms with van der Waals surface area (Å²) in [4.78, 5) is 14.2. The normalized spacial score (nSPS) is 14.9. The summed E-state index contributed by atoms with van der Waals surface area (Å²) in [7, 11) is 0. The molecule has 1 N–H and O–H groups in total. The monoisotopic (exact) mass is 346 g/mol. The smallest absolute Gasteiger partial charge is 0.410 e. The van der Waals surface area contributed by atoms with Gasteiger partial charge < -0.3 is 15.0 Å². The molecule has 0 atom stereocenters. The average Bonchev–Trinajstić information content (AvgIpc) is 2.49. The second-order valence-corrected chi connectivity index (χ2v) is 8.79. The Morgan fingerprint density at radius 3 is 2.32 bits per heavy atom. The van der Waals surface area contributed by atoms with Gasteiger partial charge in [0.25, 0.3) is 0 Å². The highest BCUT2D eigenvalue weighted by Gasteiger charge is 2.26. The number of hydrogen-bond acceptors (Lipinski definition) is 3. The zero-order chi connectivity index (χ0) is 18.8. The second-order valence-electron chi connectivity index (χ2n) is 8.79. The molecule has 1 aliphatic rings. The minimum atomic E-state index is -0.456. The van der Waals surface area contributed by atoms with Gasteiger partial charge in [0.05, 0.1) is 0 Å². The van der Waals surface area contributed by atoms with Crippen molar-refractivity contribution in [3.05, 3.63) is 29.3 Å². The third-order valence-electron chi connectivity index (χ3n) is 4.64. The molecule has 0 aliphatic carbocycles. The van der Waals surface area contributed by atoms with Gasteiger partial charge in [0.2, 0.25) is 0 Å². The number of nitrogens with zero attached hydrogens (tertiary/aromatic N) is 1. The Kier molecular flexibility index (Phi) is 6.02. The summed E-state index contributed by atoms with van der Waals surface area (Å²) in [6.07, 6.45) is 0.658. The number of hydrogen-bond donors (Lipinski definition) is 1. The molecule has 0 saturated carbocycles. The molecule has 0 spiro atoms. The maximum absolute atomic E-state index is 12.4. The lowest BCUT2D eigenvalue weighted by atomic mass is 9.92. The van der Waals surface area contributed by atoms with E-state index >= 15 is 0 Å². The molecule has 4 heteroatoms. The van der Waals surface area contributed by atoms with E-state index < -0.39 is 5.60 Å². The third-order valence-corrected chi connectivity index (χ3v) is 4.64. The Morgan fingerprint density at radius 2 is 1.76 bits per heavy atom. The van der Waals surface area contributed by atoms with Crippen molar-refractivity contribution in [2.24, 2.45) is 11.8 Å². The molecule has 1 heterocycles. The third kappa shape index (κ3) is 5.38. The summed E-state index contributed by atoms with van der Waals surface area (Å²) in [5.74, 6) is 1.13. The van der Waals surface area contributed by atoms with Gasteiger partial charge in [-0.1, -0.05) is 33.8 Å². The zero-order valence-corrected chi connectivity index (χ0v) is 16.8. The maximum atomic E-state index is 12.4. The van der Waals surface area contributed by atoms with Gasteiger partial charge in [0.1, 0.15) is 5.60 Å². The summed E-state index contributed by atoms with van der Waals surface area (Å²) in [5, 5.41) is 3.68. The van der Waals surface area contributed by atoms with E-state index in [0.717, 1.165) is 18.7 Å². The Labute approximate surface area is 152 Å². The van der Waals surface area contributed by atoms with Crippen LogP contribution in [-0.4, -0.2) is 29.2 Å². The predicted octanol–water partition coefficient (Wildman–Crippen LogP) is 5.07. The molecule has 0 fully saturated rings. The topological polar surface area (TPSA) is 41.6 Å². The Bertz CT molecular complexity index is 594. The van der Waals surface area contributed by atoms with Crippen LogP contribution in [0.5, 0.6) is 0 Å². The van der Waals surface area contributed by atoms with Crippen LogP contribution >= 0.6 is 0 Å². The van der Waals surface area contributed by atoms with Gasteiger partial charge in [0.15, 0.2) is 0 Å². The van der Waals surface area contributed by atoms with Crippen molar-refractivity contribution in [1.29, 1.82) is 0 Å². The van der Waals surface area contributed by atoms with Gasteiger partial charge in [0, 0.05) is 24.8 Å². The van der Waals surface area contributed by atoms with Crippen molar-refractivity contribution < 1.29 is 9.53 Å².